The number of amides is 1. The molecule has 8 nitrogen and oxygen atoms in total. The van der Waals surface area contributed by atoms with Gasteiger partial charge in [-0.15, -0.1) is 0 Å². The topological polar surface area (TPSA) is 100 Å². The second-order valence-electron chi connectivity index (χ2n) is 8.18. The minimum atomic E-state index is -4.51. The zero-order chi connectivity index (χ0) is 25.3. The number of aryl methyl sites for hydroxylation is 1. The van der Waals surface area contributed by atoms with E-state index in [1.807, 2.05) is 0 Å². The molecule has 0 spiro atoms. The first-order valence-electron chi connectivity index (χ1n) is 10.7. The summed E-state index contributed by atoms with van der Waals surface area (Å²) in [5.41, 5.74) is -0.0777. The number of anilines is 1. The van der Waals surface area contributed by atoms with Crippen LogP contribution >= 0.6 is 11.6 Å². The first kappa shape index (κ1) is 24.5. The summed E-state index contributed by atoms with van der Waals surface area (Å²) in [5, 5.41) is 11.9. The lowest BCUT2D eigenvalue weighted by molar-refractivity contribution is -0.137. The molecule has 1 aromatic heterocycles. The van der Waals surface area contributed by atoms with Crippen LogP contribution in [0.25, 0.3) is 17.1 Å². The predicted molar refractivity (Wildman–Crippen MR) is 124 cm³/mol. The fourth-order valence-corrected chi connectivity index (χ4v) is 4.25. The van der Waals surface area contributed by atoms with E-state index in [9.17, 15) is 22.8 Å². The van der Waals surface area contributed by atoms with Crippen LogP contribution in [0.5, 0.6) is 0 Å². The average molecular weight is 508 g/mol. The van der Waals surface area contributed by atoms with Gasteiger partial charge in [-0.3, -0.25) is 0 Å². The molecule has 0 unspecified atom stereocenters. The molecule has 0 saturated carbocycles. The number of alkyl halides is 3. The Balaban J connectivity index is 1.78. The van der Waals surface area contributed by atoms with Crippen LogP contribution in [-0.2, 0) is 6.18 Å². The summed E-state index contributed by atoms with van der Waals surface area (Å²) in [6.07, 6.45) is -4.60. The highest BCUT2D eigenvalue weighted by molar-refractivity contribution is 6.30. The normalized spacial score (nSPS) is 14.7. The van der Waals surface area contributed by atoms with Crippen molar-refractivity contribution < 1.29 is 23.1 Å². The molecule has 2 aromatic carbocycles. The minimum absolute atomic E-state index is 0.163. The highest BCUT2D eigenvalue weighted by atomic mass is 35.5. The van der Waals surface area contributed by atoms with Crippen LogP contribution in [0.15, 0.2) is 47.3 Å². The van der Waals surface area contributed by atoms with Gasteiger partial charge in [-0.2, -0.15) is 23.1 Å². The highest BCUT2D eigenvalue weighted by Gasteiger charge is 2.30. The van der Waals surface area contributed by atoms with Crippen LogP contribution in [0, 0.1) is 6.92 Å². The SMILES string of the molecule is Cc1cc(Cl)ccc1-c1nc(N2CCC(NC(=O)O)CC2)nc(=O)n1-c1ccc(C(F)(F)F)cc1. The van der Waals surface area contributed by atoms with Gasteiger partial charge >= 0.3 is 18.0 Å². The van der Waals surface area contributed by atoms with Gasteiger partial charge in [-0.05, 0) is 67.8 Å². The highest BCUT2D eigenvalue weighted by Crippen LogP contribution is 2.31. The van der Waals surface area contributed by atoms with Crippen LogP contribution in [0.4, 0.5) is 23.9 Å². The molecule has 0 bridgehead atoms. The third-order valence-electron chi connectivity index (χ3n) is 5.79. The van der Waals surface area contributed by atoms with Crippen molar-refractivity contribution in [2.45, 2.75) is 32.0 Å². The summed E-state index contributed by atoms with van der Waals surface area (Å²) in [6.45, 7) is 2.63. The van der Waals surface area contributed by atoms with Gasteiger partial charge in [0.25, 0.3) is 0 Å². The maximum absolute atomic E-state index is 13.2. The van der Waals surface area contributed by atoms with Crippen molar-refractivity contribution in [3.63, 3.8) is 0 Å². The Morgan fingerprint density at radius 1 is 1.11 bits per heavy atom. The van der Waals surface area contributed by atoms with E-state index in [2.05, 4.69) is 15.3 Å². The predicted octanol–water partition coefficient (Wildman–Crippen LogP) is 4.51. The van der Waals surface area contributed by atoms with Crippen molar-refractivity contribution >= 4 is 23.6 Å². The van der Waals surface area contributed by atoms with Crippen LogP contribution in [0.1, 0.15) is 24.0 Å². The summed E-state index contributed by atoms with van der Waals surface area (Å²) in [5.74, 6) is 0.371. The summed E-state index contributed by atoms with van der Waals surface area (Å²) in [7, 11) is 0. The molecule has 2 heterocycles. The Morgan fingerprint density at radius 2 is 1.77 bits per heavy atom. The van der Waals surface area contributed by atoms with Crippen LogP contribution in [0.2, 0.25) is 5.02 Å². The Morgan fingerprint density at radius 3 is 2.34 bits per heavy atom. The third-order valence-corrected chi connectivity index (χ3v) is 6.03. The number of carbonyl (C=O) groups is 1. The molecule has 184 valence electrons. The van der Waals surface area contributed by atoms with Crippen LogP contribution in [-0.4, -0.2) is 44.9 Å². The van der Waals surface area contributed by atoms with E-state index < -0.39 is 23.5 Å². The van der Waals surface area contributed by atoms with Gasteiger partial charge in [0.2, 0.25) is 5.95 Å². The molecule has 2 N–H and O–H groups in total. The van der Waals surface area contributed by atoms with Crippen molar-refractivity contribution in [3.05, 3.63) is 69.1 Å². The number of nitrogens with one attached hydrogen (secondary N) is 1. The quantitative estimate of drug-likeness (QED) is 0.539. The number of halogens is 4. The molecule has 1 saturated heterocycles. The molecule has 12 heteroatoms. The van der Waals surface area contributed by atoms with E-state index in [1.54, 1.807) is 30.0 Å². The first-order valence-corrected chi connectivity index (χ1v) is 11.1. The van der Waals surface area contributed by atoms with Gasteiger partial charge < -0.3 is 15.3 Å². The lowest BCUT2D eigenvalue weighted by atomic mass is 10.1. The van der Waals surface area contributed by atoms with E-state index in [0.29, 0.717) is 42.1 Å². The zero-order valence-corrected chi connectivity index (χ0v) is 19.3. The molecule has 4 rings (SSSR count). The lowest BCUT2D eigenvalue weighted by Gasteiger charge is -2.32. The van der Waals surface area contributed by atoms with E-state index in [4.69, 9.17) is 16.7 Å². The smallest absolute Gasteiger partial charge is 0.416 e. The van der Waals surface area contributed by atoms with E-state index in [-0.39, 0.29) is 23.5 Å². The van der Waals surface area contributed by atoms with Gasteiger partial charge in [0.15, 0.2) is 5.82 Å². The van der Waals surface area contributed by atoms with Gasteiger partial charge in [-0.25, -0.2) is 14.2 Å². The van der Waals surface area contributed by atoms with Gasteiger partial charge in [0.05, 0.1) is 11.3 Å². The molecule has 0 atom stereocenters. The third kappa shape index (κ3) is 5.40. The summed E-state index contributed by atoms with van der Waals surface area (Å²) < 4.78 is 40.3. The monoisotopic (exact) mass is 507 g/mol. The van der Waals surface area contributed by atoms with Crippen molar-refractivity contribution in [2.24, 2.45) is 0 Å². The largest absolute Gasteiger partial charge is 0.465 e. The molecule has 3 aromatic rings. The molecule has 0 aliphatic carbocycles. The molecule has 35 heavy (non-hydrogen) atoms. The van der Waals surface area contributed by atoms with Crippen molar-refractivity contribution in [1.82, 2.24) is 19.9 Å². The molecule has 1 amide bonds. The van der Waals surface area contributed by atoms with E-state index in [0.717, 1.165) is 12.1 Å². The molecule has 1 fully saturated rings. The molecular formula is C23H21ClF3N5O3. The van der Waals surface area contributed by atoms with Gasteiger partial charge in [-0.1, -0.05) is 11.6 Å². The fourth-order valence-electron chi connectivity index (χ4n) is 4.03. The van der Waals surface area contributed by atoms with Gasteiger partial charge in [0, 0.05) is 29.7 Å². The number of rotatable bonds is 4. The molecular weight excluding hydrogens is 487 g/mol. The van der Waals surface area contributed by atoms with Crippen molar-refractivity contribution in [2.75, 3.05) is 18.0 Å². The summed E-state index contributed by atoms with van der Waals surface area (Å²) in [6, 6.07) is 9.00. The maximum atomic E-state index is 13.2. The second-order valence-corrected chi connectivity index (χ2v) is 8.62. The number of benzene rings is 2. The van der Waals surface area contributed by atoms with E-state index in [1.165, 1.54) is 16.7 Å². The fraction of sp³-hybridized carbons (Fsp3) is 0.304. The van der Waals surface area contributed by atoms with E-state index >= 15 is 0 Å². The Hall–Kier alpha value is -3.60. The Labute approximate surface area is 203 Å². The number of hydrogen-bond donors (Lipinski definition) is 2. The molecule has 1 aliphatic heterocycles. The number of nitrogens with zero attached hydrogens (tertiary/aromatic N) is 4. The number of aromatic nitrogens is 3. The molecule has 0 radical (unpaired) electrons. The lowest BCUT2D eigenvalue weighted by Crippen LogP contribution is -2.45. The zero-order valence-electron chi connectivity index (χ0n) is 18.5. The maximum Gasteiger partial charge on any atom is 0.416 e. The summed E-state index contributed by atoms with van der Waals surface area (Å²) >= 11 is 6.09. The minimum Gasteiger partial charge on any atom is -0.465 e. The van der Waals surface area contributed by atoms with Crippen LogP contribution in [0.3, 0.4) is 0 Å². The average Bonchev–Trinajstić information content (AvgIpc) is 2.78. The second kappa shape index (κ2) is 9.57. The summed E-state index contributed by atoms with van der Waals surface area (Å²) in [4.78, 5) is 34.6. The number of carboxylic acid groups (broad SMARTS) is 1. The Bertz CT molecular complexity index is 1300. The molecule has 1 aliphatic rings. The van der Waals surface area contributed by atoms with Crippen LogP contribution < -0.4 is 15.9 Å². The number of piperidine rings is 1. The van der Waals surface area contributed by atoms with Crippen molar-refractivity contribution in [1.29, 1.82) is 0 Å². The number of hydrogen-bond acceptors (Lipinski definition) is 5. The van der Waals surface area contributed by atoms with Crippen molar-refractivity contribution in [3.8, 4) is 17.1 Å². The Kier molecular flexibility index (Phi) is 6.70. The van der Waals surface area contributed by atoms with Gasteiger partial charge in [0.1, 0.15) is 0 Å². The standard InChI is InChI=1S/C23H21ClF3N5O3/c1-13-12-15(24)4-7-18(13)19-29-20(31-10-8-16(9-11-31)28-22(34)35)30-21(33)32(19)17-5-2-14(3-6-17)23(25,26)27/h2-7,12,16,28H,8-11H2,1H3,(H,34,35). The first-order chi connectivity index (χ1) is 16.5.